The number of aromatic nitrogens is 2. The van der Waals surface area contributed by atoms with E-state index in [1.807, 2.05) is 7.05 Å². The van der Waals surface area contributed by atoms with E-state index in [9.17, 15) is 0 Å². The third-order valence-corrected chi connectivity index (χ3v) is 0.759. The molecule has 1 heterocycles. The van der Waals surface area contributed by atoms with Crippen molar-refractivity contribution in [1.82, 2.24) is 15.3 Å². The van der Waals surface area contributed by atoms with Crippen LogP contribution in [-0.4, -0.2) is 23.6 Å². The van der Waals surface area contributed by atoms with E-state index in [1.54, 1.807) is 18.7 Å². The Morgan fingerprint density at radius 3 is 2.44 bits per heavy atom. The van der Waals surface area contributed by atoms with Crippen molar-refractivity contribution in [2.75, 3.05) is 13.6 Å². The fraction of sp³-hybridized carbons (Fsp3) is 0.500. The molecule has 1 rings (SSSR count). The summed E-state index contributed by atoms with van der Waals surface area (Å²) in [5, 5.41) is 2.93. The molecule has 0 radical (unpaired) electrons. The molecule has 1 aromatic rings. The molecule has 2 N–H and O–H groups in total. The second-order valence-corrected chi connectivity index (χ2v) is 1.47. The van der Waals surface area contributed by atoms with Gasteiger partial charge in [0.25, 0.3) is 0 Å². The maximum absolute atomic E-state index is 3.67. The van der Waals surface area contributed by atoms with Crippen molar-refractivity contribution >= 4 is 0 Å². The first-order chi connectivity index (χ1) is 4.41. The van der Waals surface area contributed by atoms with E-state index in [-0.39, 0.29) is 0 Å². The lowest BCUT2D eigenvalue weighted by Gasteiger charge is -1.76. The molecular weight excluding hydrogens is 114 g/mol. The maximum Gasteiger partial charge on any atom is 0.0919 e. The number of rotatable bonds is 1. The summed E-state index contributed by atoms with van der Waals surface area (Å²) < 4.78 is 0. The highest BCUT2D eigenvalue weighted by Crippen LogP contribution is 1.62. The Bertz CT molecular complexity index is 83.8. The van der Waals surface area contributed by atoms with Crippen molar-refractivity contribution in [3.63, 3.8) is 0 Å². The molecular formula is C6H13N3. The average molecular weight is 127 g/mol. The Morgan fingerprint density at radius 1 is 1.67 bits per heavy atom. The van der Waals surface area contributed by atoms with E-state index >= 15 is 0 Å². The molecule has 0 unspecified atom stereocenters. The molecule has 0 saturated heterocycles. The topological polar surface area (TPSA) is 40.7 Å². The zero-order valence-corrected chi connectivity index (χ0v) is 5.89. The van der Waals surface area contributed by atoms with Crippen LogP contribution in [0.3, 0.4) is 0 Å². The zero-order valence-electron chi connectivity index (χ0n) is 5.89. The standard InChI is InChI=1S/C3H4N2.C3H9N/c1-2-5-3-4-1;1-3-4-2/h1-3H,(H,4,5);4H,3H2,1-2H3. The third-order valence-electron chi connectivity index (χ3n) is 0.759. The van der Waals surface area contributed by atoms with Gasteiger partial charge >= 0.3 is 0 Å². The number of nitrogens with zero attached hydrogens (tertiary/aromatic N) is 1. The van der Waals surface area contributed by atoms with Crippen molar-refractivity contribution in [2.24, 2.45) is 0 Å². The fourth-order valence-corrected chi connectivity index (χ4v) is 0.215. The first-order valence-corrected chi connectivity index (χ1v) is 2.99. The quantitative estimate of drug-likeness (QED) is 0.581. The Labute approximate surface area is 55.5 Å². The van der Waals surface area contributed by atoms with Gasteiger partial charge in [-0.2, -0.15) is 0 Å². The molecule has 52 valence electrons. The molecule has 3 heteroatoms. The number of hydrogen-bond donors (Lipinski definition) is 2. The average Bonchev–Trinajstić information content (AvgIpc) is 2.43. The highest BCUT2D eigenvalue weighted by Gasteiger charge is 1.56. The Kier molecular flexibility index (Phi) is 6.51. The van der Waals surface area contributed by atoms with Gasteiger partial charge in [0.2, 0.25) is 0 Å². The lowest BCUT2D eigenvalue weighted by molar-refractivity contribution is 0.864. The van der Waals surface area contributed by atoms with Crippen molar-refractivity contribution in [3.05, 3.63) is 18.7 Å². The molecule has 1 aromatic heterocycles. The van der Waals surface area contributed by atoms with Gasteiger partial charge in [-0.05, 0) is 13.6 Å². The molecule has 0 aliphatic carbocycles. The van der Waals surface area contributed by atoms with Gasteiger partial charge in [-0.3, -0.25) is 0 Å². The summed E-state index contributed by atoms with van der Waals surface area (Å²) in [7, 11) is 1.93. The van der Waals surface area contributed by atoms with Crippen molar-refractivity contribution in [2.45, 2.75) is 6.92 Å². The summed E-state index contributed by atoms with van der Waals surface area (Å²) in [6.07, 6.45) is 5.08. The van der Waals surface area contributed by atoms with Crippen molar-refractivity contribution in [3.8, 4) is 0 Å². The molecule has 0 bridgehead atoms. The van der Waals surface area contributed by atoms with Crippen LogP contribution in [0.5, 0.6) is 0 Å². The summed E-state index contributed by atoms with van der Waals surface area (Å²) in [5.74, 6) is 0. The second kappa shape index (κ2) is 7.17. The molecule has 0 aliphatic heterocycles. The van der Waals surface area contributed by atoms with Gasteiger partial charge in [0.05, 0.1) is 6.33 Å². The molecule has 0 saturated carbocycles. The molecule has 0 atom stereocenters. The highest BCUT2D eigenvalue weighted by atomic mass is 14.8. The van der Waals surface area contributed by atoms with Crippen molar-refractivity contribution < 1.29 is 0 Å². The van der Waals surface area contributed by atoms with Crippen LogP contribution in [-0.2, 0) is 0 Å². The van der Waals surface area contributed by atoms with Crippen LogP contribution in [0.2, 0.25) is 0 Å². The number of imidazole rings is 1. The Hall–Kier alpha value is -0.830. The summed E-state index contributed by atoms with van der Waals surface area (Å²) in [4.78, 5) is 6.42. The van der Waals surface area contributed by atoms with E-state index in [2.05, 4.69) is 22.2 Å². The fourth-order valence-electron chi connectivity index (χ4n) is 0.215. The van der Waals surface area contributed by atoms with Crippen LogP contribution in [0.1, 0.15) is 6.92 Å². The molecule has 9 heavy (non-hydrogen) atoms. The summed E-state index contributed by atoms with van der Waals surface area (Å²) >= 11 is 0. The molecule has 0 fully saturated rings. The van der Waals surface area contributed by atoms with E-state index < -0.39 is 0 Å². The minimum Gasteiger partial charge on any atom is -0.351 e. The van der Waals surface area contributed by atoms with E-state index in [0.717, 1.165) is 6.54 Å². The first kappa shape index (κ1) is 8.17. The summed E-state index contributed by atoms with van der Waals surface area (Å²) in [5.41, 5.74) is 0. The smallest absolute Gasteiger partial charge is 0.0919 e. The molecule has 3 nitrogen and oxygen atoms in total. The monoisotopic (exact) mass is 127 g/mol. The predicted molar refractivity (Wildman–Crippen MR) is 38.2 cm³/mol. The van der Waals surface area contributed by atoms with Crippen molar-refractivity contribution in [1.29, 1.82) is 0 Å². The number of aromatic amines is 1. The Balaban J connectivity index is 0.000000148. The first-order valence-electron chi connectivity index (χ1n) is 2.99. The number of H-pyrrole nitrogens is 1. The zero-order chi connectivity index (χ0) is 6.95. The van der Waals surface area contributed by atoms with Gasteiger partial charge in [-0.25, -0.2) is 4.98 Å². The largest absolute Gasteiger partial charge is 0.351 e. The maximum atomic E-state index is 3.67. The molecule has 0 amide bonds. The van der Waals surface area contributed by atoms with Crippen LogP contribution in [0.15, 0.2) is 18.7 Å². The van der Waals surface area contributed by atoms with Crippen LogP contribution >= 0.6 is 0 Å². The molecule has 0 aliphatic rings. The second-order valence-electron chi connectivity index (χ2n) is 1.47. The SMILES string of the molecule is CCNC.c1c[nH]cn1. The van der Waals surface area contributed by atoms with Gasteiger partial charge in [-0.1, -0.05) is 6.92 Å². The van der Waals surface area contributed by atoms with Crippen LogP contribution in [0.4, 0.5) is 0 Å². The predicted octanol–water partition coefficient (Wildman–Crippen LogP) is 0.635. The minimum atomic E-state index is 1.07. The normalized spacial score (nSPS) is 7.78. The van der Waals surface area contributed by atoms with Gasteiger partial charge in [-0.15, -0.1) is 0 Å². The van der Waals surface area contributed by atoms with Gasteiger partial charge in [0, 0.05) is 12.4 Å². The lowest BCUT2D eigenvalue weighted by Crippen LogP contribution is -2.01. The number of hydrogen-bond acceptors (Lipinski definition) is 2. The molecule has 0 aromatic carbocycles. The summed E-state index contributed by atoms with van der Waals surface area (Å²) in [6, 6.07) is 0. The van der Waals surface area contributed by atoms with Crippen LogP contribution in [0, 0.1) is 0 Å². The van der Waals surface area contributed by atoms with Crippen LogP contribution in [0.25, 0.3) is 0 Å². The lowest BCUT2D eigenvalue weighted by atomic mass is 10.8. The third kappa shape index (κ3) is 7.17. The summed E-state index contributed by atoms with van der Waals surface area (Å²) in [6.45, 7) is 3.14. The number of nitrogens with one attached hydrogen (secondary N) is 2. The van der Waals surface area contributed by atoms with Gasteiger partial charge < -0.3 is 10.3 Å². The molecule has 0 spiro atoms. The van der Waals surface area contributed by atoms with E-state index in [0.29, 0.717) is 0 Å². The van der Waals surface area contributed by atoms with Gasteiger partial charge in [0.15, 0.2) is 0 Å². The van der Waals surface area contributed by atoms with Crippen LogP contribution < -0.4 is 5.32 Å². The van der Waals surface area contributed by atoms with Gasteiger partial charge in [0.1, 0.15) is 0 Å². The van der Waals surface area contributed by atoms with E-state index in [4.69, 9.17) is 0 Å². The highest BCUT2D eigenvalue weighted by molar-refractivity contribution is 4.64. The minimum absolute atomic E-state index is 1.07. The Morgan fingerprint density at radius 2 is 2.33 bits per heavy atom. The van der Waals surface area contributed by atoms with E-state index in [1.165, 1.54) is 0 Å².